The normalized spacial score (nSPS) is 10.7. The van der Waals surface area contributed by atoms with Gasteiger partial charge < -0.3 is 8.92 Å². The molecule has 0 aliphatic rings. The first kappa shape index (κ1) is 14.9. The maximum atomic E-state index is 12.1. The summed E-state index contributed by atoms with van der Waals surface area (Å²) < 4.78 is 34.2. The first-order chi connectivity index (χ1) is 10.0. The summed E-state index contributed by atoms with van der Waals surface area (Å²) in [5.41, 5.74) is 0.742. The summed E-state index contributed by atoms with van der Waals surface area (Å²) in [5, 5.41) is 9.00. The van der Waals surface area contributed by atoms with Crippen molar-refractivity contribution < 1.29 is 17.3 Å². The van der Waals surface area contributed by atoms with E-state index in [1.165, 1.54) is 19.2 Å². The second-order valence-electron chi connectivity index (χ2n) is 4.24. The van der Waals surface area contributed by atoms with Crippen molar-refractivity contribution in [2.45, 2.75) is 5.75 Å². The van der Waals surface area contributed by atoms with Gasteiger partial charge in [0, 0.05) is 6.07 Å². The molecule has 0 saturated carbocycles. The monoisotopic (exact) mass is 303 g/mol. The average Bonchev–Trinajstić information content (AvgIpc) is 2.47. The summed E-state index contributed by atoms with van der Waals surface area (Å²) in [6.07, 6.45) is 0. The predicted octanol–water partition coefficient (Wildman–Crippen LogP) is 2.48. The van der Waals surface area contributed by atoms with Crippen LogP contribution in [0.1, 0.15) is 11.1 Å². The Morgan fingerprint density at radius 2 is 1.86 bits per heavy atom. The van der Waals surface area contributed by atoms with Crippen LogP contribution in [0.5, 0.6) is 11.5 Å². The highest BCUT2D eigenvalue weighted by Crippen LogP contribution is 2.26. The molecule has 2 aromatic rings. The number of methoxy groups -OCH3 is 1. The van der Waals surface area contributed by atoms with E-state index in [2.05, 4.69) is 0 Å². The van der Waals surface area contributed by atoms with Crippen LogP contribution in [0.2, 0.25) is 0 Å². The van der Waals surface area contributed by atoms with Gasteiger partial charge >= 0.3 is 10.1 Å². The van der Waals surface area contributed by atoms with E-state index in [1.807, 2.05) is 6.07 Å². The molecule has 0 bridgehead atoms. The average molecular weight is 303 g/mol. The van der Waals surface area contributed by atoms with Gasteiger partial charge in [-0.25, -0.2) is 0 Å². The Bertz CT molecular complexity index is 764. The SMILES string of the molecule is COc1ccc(C#N)c(OS(=O)(=O)Cc2ccccc2)c1. The summed E-state index contributed by atoms with van der Waals surface area (Å²) in [6.45, 7) is 0. The second kappa shape index (κ2) is 6.29. The van der Waals surface area contributed by atoms with Crippen molar-refractivity contribution >= 4 is 10.1 Å². The van der Waals surface area contributed by atoms with Crippen molar-refractivity contribution in [1.82, 2.24) is 0 Å². The zero-order valence-electron chi connectivity index (χ0n) is 11.3. The number of rotatable bonds is 5. The predicted molar refractivity (Wildman–Crippen MR) is 77.4 cm³/mol. The molecule has 0 N–H and O–H groups in total. The van der Waals surface area contributed by atoms with E-state index >= 15 is 0 Å². The number of hydrogen-bond acceptors (Lipinski definition) is 5. The molecule has 0 radical (unpaired) electrons. The molecule has 0 fully saturated rings. The Hall–Kier alpha value is -2.52. The Labute approximate surface area is 123 Å². The molecule has 0 unspecified atom stereocenters. The first-order valence-electron chi connectivity index (χ1n) is 6.08. The molecule has 2 rings (SSSR count). The van der Waals surface area contributed by atoms with E-state index in [1.54, 1.807) is 36.4 Å². The van der Waals surface area contributed by atoms with Crippen molar-refractivity contribution in [3.05, 3.63) is 59.7 Å². The minimum Gasteiger partial charge on any atom is -0.497 e. The van der Waals surface area contributed by atoms with E-state index in [0.717, 1.165) is 0 Å². The molecular weight excluding hydrogens is 290 g/mol. The topological polar surface area (TPSA) is 76.4 Å². The molecule has 5 nitrogen and oxygen atoms in total. The van der Waals surface area contributed by atoms with Crippen molar-refractivity contribution in [3.63, 3.8) is 0 Å². The molecule has 0 spiro atoms. The zero-order chi connectivity index (χ0) is 15.3. The molecule has 6 heteroatoms. The number of hydrogen-bond donors (Lipinski definition) is 0. The highest BCUT2D eigenvalue weighted by molar-refractivity contribution is 7.86. The van der Waals surface area contributed by atoms with Crippen LogP contribution >= 0.6 is 0 Å². The van der Waals surface area contributed by atoms with Crippen LogP contribution in [0.4, 0.5) is 0 Å². The van der Waals surface area contributed by atoms with E-state index in [-0.39, 0.29) is 17.1 Å². The van der Waals surface area contributed by atoms with Gasteiger partial charge in [0.1, 0.15) is 17.6 Å². The van der Waals surface area contributed by atoms with Gasteiger partial charge in [0.2, 0.25) is 0 Å². The molecule has 0 heterocycles. The number of benzene rings is 2. The fourth-order valence-corrected chi connectivity index (χ4v) is 2.81. The summed E-state index contributed by atoms with van der Waals surface area (Å²) in [7, 11) is -2.40. The third-order valence-electron chi connectivity index (χ3n) is 2.71. The molecule has 108 valence electrons. The van der Waals surface area contributed by atoms with Gasteiger partial charge in [-0.2, -0.15) is 13.7 Å². The third kappa shape index (κ3) is 3.97. The first-order valence-corrected chi connectivity index (χ1v) is 7.66. The molecule has 0 saturated heterocycles. The summed E-state index contributed by atoms with van der Waals surface area (Å²) in [6, 6.07) is 15.0. The lowest BCUT2D eigenvalue weighted by molar-refractivity contribution is 0.411. The molecular formula is C15H13NO4S. The van der Waals surface area contributed by atoms with Gasteiger partial charge in [-0.1, -0.05) is 30.3 Å². The van der Waals surface area contributed by atoms with Gasteiger partial charge in [-0.3, -0.25) is 0 Å². The van der Waals surface area contributed by atoms with Crippen LogP contribution in [0.3, 0.4) is 0 Å². The summed E-state index contributed by atoms with van der Waals surface area (Å²) >= 11 is 0. The maximum absolute atomic E-state index is 12.1. The van der Waals surface area contributed by atoms with Crippen molar-refractivity contribution in [1.29, 1.82) is 5.26 Å². The fourth-order valence-electron chi connectivity index (χ4n) is 1.74. The minimum atomic E-state index is -3.85. The van der Waals surface area contributed by atoms with E-state index in [0.29, 0.717) is 11.3 Å². The minimum absolute atomic E-state index is 0.0345. The lowest BCUT2D eigenvalue weighted by Crippen LogP contribution is -2.12. The summed E-state index contributed by atoms with van der Waals surface area (Å²) in [5.74, 6) is 0.113. The van der Waals surface area contributed by atoms with Gasteiger partial charge in [-0.05, 0) is 17.7 Å². The van der Waals surface area contributed by atoms with Gasteiger partial charge in [-0.15, -0.1) is 0 Å². The Morgan fingerprint density at radius 1 is 1.14 bits per heavy atom. The van der Waals surface area contributed by atoms with Crippen molar-refractivity contribution in [3.8, 4) is 17.6 Å². The zero-order valence-corrected chi connectivity index (χ0v) is 12.1. The van der Waals surface area contributed by atoms with E-state index < -0.39 is 10.1 Å². The van der Waals surface area contributed by atoms with Crippen LogP contribution in [-0.4, -0.2) is 15.5 Å². The standard InChI is InChI=1S/C15H13NO4S/c1-19-14-8-7-13(10-16)15(9-14)20-21(17,18)11-12-5-3-2-4-6-12/h2-9H,11H2,1H3. The molecule has 2 aromatic carbocycles. The van der Waals surface area contributed by atoms with Crippen molar-refractivity contribution in [2.24, 2.45) is 0 Å². The highest BCUT2D eigenvalue weighted by Gasteiger charge is 2.17. The quantitative estimate of drug-likeness (QED) is 0.793. The largest absolute Gasteiger partial charge is 0.497 e. The summed E-state index contributed by atoms with van der Waals surface area (Å²) in [4.78, 5) is 0. The third-order valence-corrected chi connectivity index (χ3v) is 3.83. The Morgan fingerprint density at radius 3 is 2.48 bits per heavy atom. The molecule has 0 amide bonds. The van der Waals surface area contributed by atoms with E-state index in [4.69, 9.17) is 14.2 Å². The van der Waals surface area contributed by atoms with Crippen LogP contribution in [0.15, 0.2) is 48.5 Å². The van der Waals surface area contributed by atoms with Crippen molar-refractivity contribution in [2.75, 3.05) is 7.11 Å². The Balaban J connectivity index is 2.26. The molecule has 0 atom stereocenters. The lowest BCUT2D eigenvalue weighted by atomic mass is 10.2. The van der Waals surface area contributed by atoms with Gasteiger partial charge in [0.15, 0.2) is 5.75 Å². The van der Waals surface area contributed by atoms with Crippen LogP contribution in [0.25, 0.3) is 0 Å². The number of ether oxygens (including phenoxy) is 1. The lowest BCUT2D eigenvalue weighted by Gasteiger charge is -2.09. The second-order valence-corrected chi connectivity index (χ2v) is 5.82. The number of nitriles is 1. The van der Waals surface area contributed by atoms with Gasteiger partial charge in [0.05, 0.1) is 12.7 Å². The highest BCUT2D eigenvalue weighted by atomic mass is 32.2. The molecule has 0 aromatic heterocycles. The maximum Gasteiger partial charge on any atom is 0.313 e. The number of nitrogens with zero attached hydrogens (tertiary/aromatic N) is 1. The van der Waals surface area contributed by atoms with Crippen LogP contribution in [0, 0.1) is 11.3 Å². The van der Waals surface area contributed by atoms with Gasteiger partial charge in [0.25, 0.3) is 0 Å². The van der Waals surface area contributed by atoms with Crippen LogP contribution in [-0.2, 0) is 15.9 Å². The molecule has 0 aliphatic heterocycles. The smallest absolute Gasteiger partial charge is 0.313 e. The Kier molecular flexibility index (Phi) is 4.45. The van der Waals surface area contributed by atoms with Crippen LogP contribution < -0.4 is 8.92 Å². The molecule has 21 heavy (non-hydrogen) atoms. The van der Waals surface area contributed by atoms with E-state index in [9.17, 15) is 8.42 Å². The fraction of sp³-hybridized carbons (Fsp3) is 0.133. The molecule has 0 aliphatic carbocycles.